The first-order valence-electron chi connectivity index (χ1n) is 8.66. The van der Waals surface area contributed by atoms with E-state index in [2.05, 4.69) is 6.07 Å². The molecule has 0 bridgehead atoms. The molecule has 0 saturated heterocycles. The number of thiophene rings is 1. The van der Waals surface area contributed by atoms with Crippen LogP contribution < -0.4 is 10.6 Å². The molecule has 26 heavy (non-hydrogen) atoms. The van der Waals surface area contributed by atoms with Crippen molar-refractivity contribution in [1.29, 1.82) is 5.26 Å². The quantitative estimate of drug-likeness (QED) is 0.863. The molecule has 1 aromatic carbocycles. The van der Waals surface area contributed by atoms with Crippen molar-refractivity contribution in [3.8, 4) is 6.07 Å². The van der Waals surface area contributed by atoms with Crippen molar-refractivity contribution in [3.63, 3.8) is 0 Å². The molecule has 1 atom stereocenters. The Hall–Kier alpha value is -2.84. The summed E-state index contributed by atoms with van der Waals surface area (Å²) in [4.78, 5) is 14.8. The predicted octanol–water partition coefficient (Wildman–Crippen LogP) is 4.36. The molecule has 0 unspecified atom stereocenters. The van der Waals surface area contributed by atoms with Gasteiger partial charge in [0, 0.05) is 23.4 Å². The molecule has 0 spiro atoms. The molecule has 0 fully saturated rings. The number of anilines is 1. The summed E-state index contributed by atoms with van der Waals surface area (Å²) in [5.41, 5.74) is 11.6. The average molecular weight is 361 g/mol. The van der Waals surface area contributed by atoms with Crippen molar-refractivity contribution in [3.05, 3.63) is 74.9 Å². The van der Waals surface area contributed by atoms with Crippen molar-refractivity contribution in [2.24, 2.45) is 5.73 Å². The zero-order valence-electron chi connectivity index (χ0n) is 14.5. The summed E-state index contributed by atoms with van der Waals surface area (Å²) < 4.78 is 0. The largest absolute Gasteiger partial charge is 0.384 e. The fourth-order valence-electron chi connectivity index (χ4n) is 3.85. The van der Waals surface area contributed by atoms with Gasteiger partial charge in [-0.15, -0.1) is 0 Å². The molecule has 1 aliphatic carbocycles. The number of allylic oxidation sites excluding steroid dienone is 3. The minimum Gasteiger partial charge on any atom is -0.384 e. The molecule has 2 heterocycles. The van der Waals surface area contributed by atoms with Crippen LogP contribution in [0.4, 0.5) is 5.69 Å². The van der Waals surface area contributed by atoms with Gasteiger partial charge in [0.25, 0.3) is 0 Å². The van der Waals surface area contributed by atoms with Crippen LogP contribution in [0.5, 0.6) is 0 Å². The Morgan fingerprint density at radius 3 is 2.65 bits per heavy atom. The van der Waals surface area contributed by atoms with Gasteiger partial charge in [-0.2, -0.15) is 16.6 Å². The van der Waals surface area contributed by atoms with Crippen LogP contribution >= 0.6 is 11.3 Å². The number of nitrogens with zero attached hydrogens (tertiary/aromatic N) is 2. The number of Topliss-reactive ketones (excluding diaryl/α,β-unsaturated/α-hetero) is 1. The summed E-state index contributed by atoms with van der Waals surface area (Å²) in [7, 11) is 0. The van der Waals surface area contributed by atoms with Gasteiger partial charge in [-0.3, -0.25) is 9.69 Å². The van der Waals surface area contributed by atoms with Gasteiger partial charge in [-0.25, -0.2) is 0 Å². The zero-order chi connectivity index (χ0) is 18.3. The first kappa shape index (κ1) is 16.6. The van der Waals surface area contributed by atoms with Crippen molar-refractivity contribution in [2.75, 3.05) is 4.90 Å². The number of rotatable bonds is 2. The van der Waals surface area contributed by atoms with E-state index in [0.717, 1.165) is 40.9 Å². The van der Waals surface area contributed by atoms with Crippen LogP contribution in [0.1, 0.15) is 36.3 Å². The molecule has 0 radical (unpaired) electrons. The van der Waals surface area contributed by atoms with E-state index >= 15 is 0 Å². The van der Waals surface area contributed by atoms with E-state index in [0.29, 0.717) is 17.8 Å². The topological polar surface area (TPSA) is 70.1 Å². The normalized spacial score (nSPS) is 20.2. The molecule has 4 nitrogen and oxygen atoms in total. The lowest BCUT2D eigenvalue weighted by Crippen LogP contribution is -2.38. The first-order chi connectivity index (χ1) is 12.6. The Kier molecular flexibility index (Phi) is 4.14. The summed E-state index contributed by atoms with van der Waals surface area (Å²) in [5, 5.41) is 13.8. The van der Waals surface area contributed by atoms with Gasteiger partial charge in [-0.1, -0.05) is 17.7 Å². The lowest BCUT2D eigenvalue weighted by Gasteiger charge is -2.39. The van der Waals surface area contributed by atoms with Crippen molar-refractivity contribution in [2.45, 2.75) is 32.1 Å². The monoisotopic (exact) mass is 361 g/mol. The minimum absolute atomic E-state index is 0.125. The first-order valence-corrected chi connectivity index (χ1v) is 9.61. The predicted molar refractivity (Wildman–Crippen MR) is 103 cm³/mol. The lowest BCUT2D eigenvalue weighted by atomic mass is 9.76. The maximum Gasteiger partial charge on any atom is 0.161 e. The van der Waals surface area contributed by atoms with Gasteiger partial charge in [0.1, 0.15) is 5.82 Å². The van der Waals surface area contributed by atoms with Gasteiger partial charge in [-0.05, 0) is 54.3 Å². The number of carbonyl (C=O) groups is 1. The smallest absolute Gasteiger partial charge is 0.161 e. The van der Waals surface area contributed by atoms with Crippen LogP contribution in [0.25, 0.3) is 0 Å². The number of nitriles is 1. The number of ketones is 1. The number of hydrogen-bond donors (Lipinski definition) is 1. The molecule has 2 N–H and O–H groups in total. The van der Waals surface area contributed by atoms with Crippen molar-refractivity contribution in [1.82, 2.24) is 0 Å². The number of aryl methyl sites for hydroxylation is 1. The molecule has 0 amide bonds. The van der Waals surface area contributed by atoms with Gasteiger partial charge >= 0.3 is 0 Å². The standard InChI is InChI=1S/C21H19N3OS/c1-13-5-7-15(8-6-13)24-17-3-2-4-18(25)20(17)19(14-9-10-26-12-14)16(11-22)21(24)23/h5-10,12,19H,2-4,23H2,1H3/t19-/m0/s1. The molecule has 1 aliphatic heterocycles. The Labute approximate surface area is 156 Å². The summed E-state index contributed by atoms with van der Waals surface area (Å²) in [6, 6.07) is 12.3. The fraction of sp³-hybridized carbons (Fsp3) is 0.238. The second-order valence-electron chi connectivity index (χ2n) is 6.71. The van der Waals surface area contributed by atoms with Crippen LogP contribution in [0.15, 0.2) is 63.8 Å². The molecular formula is C21H19N3OS. The van der Waals surface area contributed by atoms with Crippen LogP contribution in [0.2, 0.25) is 0 Å². The highest BCUT2D eigenvalue weighted by Crippen LogP contribution is 2.46. The molecule has 1 aromatic heterocycles. The van der Waals surface area contributed by atoms with E-state index in [-0.39, 0.29) is 11.7 Å². The van der Waals surface area contributed by atoms with Crippen LogP contribution in [-0.2, 0) is 4.79 Å². The Balaban J connectivity index is 1.96. The van der Waals surface area contributed by atoms with Crippen molar-refractivity contribution < 1.29 is 4.79 Å². The fourth-order valence-corrected chi connectivity index (χ4v) is 4.53. The summed E-state index contributed by atoms with van der Waals surface area (Å²) in [6.45, 7) is 2.03. The second-order valence-corrected chi connectivity index (χ2v) is 7.49. The number of nitrogens with two attached hydrogens (primary N) is 1. The lowest BCUT2D eigenvalue weighted by molar-refractivity contribution is -0.116. The Morgan fingerprint density at radius 1 is 1.23 bits per heavy atom. The Bertz CT molecular complexity index is 962. The second kappa shape index (κ2) is 6.47. The van der Waals surface area contributed by atoms with E-state index in [1.165, 1.54) is 0 Å². The van der Waals surface area contributed by atoms with Crippen LogP contribution in [-0.4, -0.2) is 5.78 Å². The molecule has 2 aliphatic rings. The summed E-state index contributed by atoms with van der Waals surface area (Å²) >= 11 is 1.57. The van der Waals surface area contributed by atoms with Crippen LogP contribution in [0, 0.1) is 18.3 Å². The highest BCUT2D eigenvalue weighted by atomic mass is 32.1. The maximum atomic E-state index is 12.9. The van der Waals surface area contributed by atoms with Gasteiger partial charge in [0.05, 0.1) is 17.6 Å². The molecular weight excluding hydrogens is 342 g/mol. The summed E-state index contributed by atoms with van der Waals surface area (Å²) in [5.74, 6) is 0.205. The van der Waals surface area contributed by atoms with Crippen molar-refractivity contribution >= 4 is 22.8 Å². The van der Waals surface area contributed by atoms with E-state index < -0.39 is 0 Å². The highest BCUT2D eigenvalue weighted by molar-refractivity contribution is 7.08. The average Bonchev–Trinajstić information content (AvgIpc) is 3.16. The van der Waals surface area contributed by atoms with E-state index in [1.54, 1.807) is 11.3 Å². The summed E-state index contributed by atoms with van der Waals surface area (Å²) in [6.07, 6.45) is 2.13. The van der Waals surface area contributed by atoms with Gasteiger partial charge in [0.15, 0.2) is 5.78 Å². The zero-order valence-corrected chi connectivity index (χ0v) is 15.3. The van der Waals surface area contributed by atoms with Crippen LogP contribution in [0.3, 0.4) is 0 Å². The molecule has 0 saturated carbocycles. The number of hydrogen-bond acceptors (Lipinski definition) is 5. The highest BCUT2D eigenvalue weighted by Gasteiger charge is 2.40. The third-order valence-corrected chi connectivity index (χ3v) is 5.78. The van der Waals surface area contributed by atoms with E-state index in [1.807, 2.05) is 52.9 Å². The number of benzene rings is 1. The Morgan fingerprint density at radius 2 is 2.00 bits per heavy atom. The molecule has 130 valence electrons. The SMILES string of the molecule is Cc1ccc(N2C(N)=C(C#N)[C@H](c3ccsc3)C3=C2CCCC3=O)cc1. The van der Waals surface area contributed by atoms with E-state index in [4.69, 9.17) is 5.73 Å². The van der Waals surface area contributed by atoms with E-state index in [9.17, 15) is 10.1 Å². The van der Waals surface area contributed by atoms with Gasteiger partial charge in [0.2, 0.25) is 0 Å². The minimum atomic E-state index is -0.351. The molecule has 5 heteroatoms. The maximum absolute atomic E-state index is 12.9. The van der Waals surface area contributed by atoms with Gasteiger partial charge < -0.3 is 5.73 Å². The third-order valence-electron chi connectivity index (χ3n) is 5.08. The number of carbonyl (C=O) groups excluding carboxylic acids is 1. The third kappa shape index (κ3) is 2.54. The molecule has 2 aromatic rings. The molecule has 4 rings (SSSR count).